The van der Waals surface area contributed by atoms with Crippen molar-refractivity contribution >= 4 is 15.7 Å². The third-order valence-corrected chi connectivity index (χ3v) is 6.88. The van der Waals surface area contributed by atoms with E-state index in [1.165, 1.54) is 6.20 Å². The summed E-state index contributed by atoms with van der Waals surface area (Å²) in [6.07, 6.45) is 5.12. The number of sulfonamides is 1. The molecular weight excluding hydrogens is 409 g/mol. The second-order valence-corrected chi connectivity index (χ2v) is 8.98. The predicted octanol–water partition coefficient (Wildman–Crippen LogP) is 3.48. The van der Waals surface area contributed by atoms with E-state index < -0.39 is 46.4 Å². The van der Waals surface area contributed by atoms with E-state index in [0.29, 0.717) is 43.6 Å². The van der Waals surface area contributed by atoms with Gasteiger partial charge >= 0.3 is 0 Å². The summed E-state index contributed by atoms with van der Waals surface area (Å²) in [7, 11) is -4.15. The minimum absolute atomic E-state index is 0.0120. The van der Waals surface area contributed by atoms with Gasteiger partial charge in [-0.2, -0.15) is 0 Å². The van der Waals surface area contributed by atoms with Crippen molar-refractivity contribution in [1.82, 2.24) is 4.98 Å². The first kappa shape index (κ1) is 20.1. The number of benzene rings is 1. The fraction of sp³-hybridized carbons (Fsp3) is 0.474. The Morgan fingerprint density at radius 1 is 1.24 bits per heavy atom. The number of alkyl halides is 1. The van der Waals surface area contributed by atoms with Crippen molar-refractivity contribution in [3.63, 3.8) is 0 Å². The van der Waals surface area contributed by atoms with Crippen LogP contribution in [0.15, 0.2) is 23.2 Å². The smallest absolute Gasteiger partial charge is 0.263 e. The molecule has 1 fully saturated rings. The molecule has 29 heavy (non-hydrogen) atoms. The maximum absolute atomic E-state index is 14.3. The second-order valence-electron chi connectivity index (χ2n) is 7.33. The lowest BCUT2D eigenvalue weighted by atomic mass is 9.82. The number of hydrogen-bond acceptors (Lipinski definition) is 4. The largest absolute Gasteiger partial charge is 0.488 e. The van der Waals surface area contributed by atoms with Crippen molar-refractivity contribution in [3.8, 4) is 5.75 Å². The quantitative estimate of drug-likeness (QED) is 0.735. The maximum atomic E-state index is 14.3. The van der Waals surface area contributed by atoms with E-state index in [2.05, 4.69) is 9.71 Å². The molecule has 0 amide bonds. The molecule has 2 aliphatic rings. The Kier molecular flexibility index (Phi) is 5.24. The number of anilines is 1. The highest BCUT2D eigenvalue weighted by atomic mass is 32.2. The third-order valence-electron chi connectivity index (χ3n) is 5.44. The van der Waals surface area contributed by atoms with Crippen molar-refractivity contribution in [2.75, 3.05) is 24.6 Å². The van der Waals surface area contributed by atoms with Gasteiger partial charge in [-0.05, 0) is 31.2 Å². The lowest BCUT2D eigenvalue weighted by molar-refractivity contribution is -0.00742. The molecule has 2 aromatic rings. The molecule has 0 saturated carbocycles. The minimum atomic E-state index is -4.15. The molecule has 1 spiro atoms. The van der Waals surface area contributed by atoms with Gasteiger partial charge < -0.3 is 14.5 Å². The van der Waals surface area contributed by atoms with Crippen LogP contribution in [-0.4, -0.2) is 38.9 Å². The zero-order valence-corrected chi connectivity index (χ0v) is 16.4. The van der Waals surface area contributed by atoms with E-state index in [-0.39, 0.29) is 10.5 Å². The molecule has 1 saturated heterocycles. The molecule has 1 atom stereocenters. The fourth-order valence-corrected chi connectivity index (χ4v) is 5.39. The van der Waals surface area contributed by atoms with Crippen molar-refractivity contribution < 1.29 is 31.1 Å². The van der Waals surface area contributed by atoms with Crippen LogP contribution in [0.4, 0.5) is 18.9 Å². The molecule has 158 valence electrons. The summed E-state index contributed by atoms with van der Waals surface area (Å²) in [4.78, 5) is 3.02. The molecule has 2 N–H and O–H groups in total. The molecule has 4 rings (SSSR count). The highest BCUT2D eigenvalue weighted by Gasteiger charge is 2.40. The summed E-state index contributed by atoms with van der Waals surface area (Å²) in [6, 6.07) is 1.37. The number of nitrogens with one attached hydrogen (secondary N) is 2. The SMILES string of the molecule is O=S(=O)(Nc1cc(F)c(OCCF)cc1F)c1c[nH]c2c1CCC1(CCCO1)C2. The van der Waals surface area contributed by atoms with E-state index in [9.17, 15) is 21.6 Å². The minimum Gasteiger partial charge on any atom is -0.488 e. The van der Waals surface area contributed by atoms with Crippen molar-refractivity contribution in [1.29, 1.82) is 0 Å². The predicted molar refractivity (Wildman–Crippen MR) is 99.4 cm³/mol. The number of halogens is 3. The molecular formula is C19H21F3N2O4S. The Morgan fingerprint density at radius 3 is 2.79 bits per heavy atom. The van der Waals surface area contributed by atoms with Gasteiger partial charge in [-0.3, -0.25) is 4.72 Å². The van der Waals surface area contributed by atoms with E-state index in [4.69, 9.17) is 9.47 Å². The number of aromatic nitrogens is 1. The number of aromatic amines is 1. The molecule has 2 heterocycles. The summed E-state index contributed by atoms with van der Waals surface area (Å²) >= 11 is 0. The average Bonchev–Trinajstić information content (AvgIpc) is 3.30. The van der Waals surface area contributed by atoms with E-state index >= 15 is 0 Å². The third kappa shape index (κ3) is 3.83. The topological polar surface area (TPSA) is 80.4 Å². The van der Waals surface area contributed by atoms with Crippen LogP contribution in [0.1, 0.15) is 30.5 Å². The molecule has 0 bridgehead atoms. The van der Waals surface area contributed by atoms with E-state index in [1.54, 1.807) is 0 Å². The van der Waals surface area contributed by atoms with E-state index in [1.807, 2.05) is 0 Å². The van der Waals surface area contributed by atoms with Gasteiger partial charge in [0.2, 0.25) is 0 Å². The van der Waals surface area contributed by atoms with Gasteiger partial charge in [0.25, 0.3) is 10.0 Å². The van der Waals surface area contributed by atoms with Crippen LogP contribution in [0, 0.1) is 11.6 Å². The monoisotopic (exact) mass is 430 g/mol. The molecule has 1 aliphatic heterocycles. The summed E-state index contributed by atoms with van der Waals surface area (Å²) in [6.45, 7) is -0.582. The molecule has 6 nitrogen and oxygen atoms in total. The molecule has 1 aromatic carbocycles. The standard InChI is InChI=1S/C19H21F3N2O4S/c20-5-7-27-17-9-13(21)15(8-14(17)22)24-29(25,26)18-11-23-16-10-19(3-1-6-28-19)4-2-12(16)18/h8-9,11,23-24H,1-7,10H2. The Morgan fingerprint density at radius 2 is 2.07 bits per heavy atom. The second kappa shape index (κ2) is 7.56. The van der Waals surface area contributed by atoms with Crippen LogP contribution >= 0.6 is 0 Å². The number of rotatable bonds is 6. The zero-order valence-electron chi connectivity index (χ0n) is 15.6. The maximum Gasteiger partial charge on any atom is 0.263 e. The van der Waals surface area contributed by atoms with Gasteiger partial charge in [-0.15, -0.1) is 0 Å². The molecule has 10 heteroatoms. The first-order valence-corrected chi connectivity index (χ1v) is 10.9. The number of fused-ring (bicyclic) bond motifs is 1. The van der Waals surface area contributed by atoms with Gasteiger partial charge in [-0.25, -0.2) is 21.6 Å². The van der Waals surface area contributed by atoms with Crippen LogP contribution < -0.4 is 9.46 Å². The zero-order chi connectivity index (χ0) is 20.6. The van der Waals surface area contributed by atoms with Gasteiger partial charge in [-0.1, -0.05) is 0 Å². The summed E-state index contributed by atoms with van der Waals surface area (Å²) < 4.78 is 78.9. The van der Waals surface area contributed by atoms with Crippen LogP contribution in [0.5, 0.6) is 5.75 Å². The van der Waals surface area contributed by atoms with Crippen molar-refractivity contribution in [3.05, 3.63) is 41.2 Å². The molecule has 0 radical (unpaired) electrons. The summed E-state index contributed by atoms with van der Waals surface area (Å²) in [5, 5.41) is 0. The Hall–Kier alpha value is -2.20. The number of hydrogen-bond donors (Lipinski definition) is 2. The van der Waals surface area contributed by atoms with Gasteiger partial charge in [0.05, 0.1) is 11.3 Å². The Bertz CT molecular complexity index is 1020. The Labute approximate surface area is 166 Å². The van der Waals surface area contributed by atoms with Gasteiger partial charge in [0.15, 0.2) is 17.4 Å². The van der Waals surface area contributed by atoms with Crippen molar-refractivity contribution in [2.45, 2.75) is 42.6 Å². The first-order chi connectivity index (χ1) is 13.8. The summed E-state index contributed by atoms with van der Waals surface area (Å²) in [5.41, 5.74) is 0.649. The van der Waals surface area contributed by atoms with Gasteiger partial charge in [0, 0.05) is 37.1 Å². The molecule has 1 aromatic heterocycles. The van der Waals surface area contributed by atoms with Crippen LogP contribution in [0.25, 0.3) is 0 Å². The summed E-state index contributed by atoms with van der Waals surface area (Å²) in [5.74, 6) is -2.50. The lowest BCUT2D eigenvalue weighted by Gasteiger charge is -2.32. The fourth-order valence-electron chi connectivity index (χ4n) is 4.07. The molecule has 1 unspecified atom stereocenters. The highest BCUT2D eigenvalue weighted by Crippen LogP contribution is 2.40. The molecule has 1 aliphatic carbocycles. The average molecular weight is 430 g/mol. The van der Waals surface area contributed by atoms with Crippen LogP contribution in [-0.2, 0) is 27.6 Å². The van der Waals surface area contributed by atoms with Crippen LogP contribution in [0.2, 0.25) is 0 Å². The highest BCUT2D eigenvalue weighted by molar-refractivity contribution is 7.92. The van der Waals surface area contributed by atoms with E-state index in [0.717, 1.165) is 18.5 Å². The number of H-pyrrole nitrogens is 1. The Balaban J connectivity index is 1.58. The number of ether oxygens (including phenoxy) is 2. The van der Waals surface area contributed by atoms with Crippen molar-refractivity contribution in [2.24, 2.45) is 0 Å². The normalized spacial score (nSPS) is 21.3. The first-order valence-electron chi connectivity index (χ1n) is 9.37. The van der Waals surface area contributed by atoms with Crippen LogP contribution in [0.3, 0.4) is 0 Å². The van der Waals surface area contributed by atoms with Gasteiger partial charge in [0.1, 0.15) is 18.2 Å². The lowest BCUT2D eigenvalue weighted by Crippen LogP contribution is -2.35.